The fourth-order valence-corrected chi connectivity index (χ4v) is 5.65. The van der Waals surface area contributed by atoms with Crippen LogP contribution in [0.2, 0.25) is 0 Å². The monoisotopic (exact) mass is 672 g/mol. The second-order valence-corrected chi connectivity index (χ2v) is 13.7. The summed E-state index contributed by atoms with van der Waals surface area (Å²) < 4.78 is 14.1. The van der Waals surface area contributed by atoms with Gasteiger partial charge in [-0.25, -0.2) is 19.3 Å². The molecule has 13 nitrogen and oxygen atoms in total. The predicted molar refractivity (Wildman–Crippen MR) is 191 cm³/mol. The Morgan fingerprint density at radius 1 is 1.02 bits per heavy atom. The van der Waals surface area contributed by atoms with Crippen LogP contribution in [0.3, 0.4) is 0 Å². The zero-order valence-corrected chi connectivity index (χ0v) is 29.2. The largest absolute Gasteiger partial charge is 0.460 e. The molecular formula is C36H48N8O5. The number of ether oxygens (including phenoxy) is 2. The Hall–Kier alpha value is -4.59. The number of hydrogen-bond acceptors (Lipinski definition) is 11. The van der Waals surface area contributed by atoms with Crippen LogP contribution in [0, 0.1) is 0 Å². The molecule has 49 heavy (non-hydrogen) atoms. The molecule has 0 spiro atoms. The van der Waals surface area contributed by atoms with Crippen LogP contribution in [0.5, 0.6) is 0 Å². The second kappa shape index (κ2) is 15.3. The summed E-state index contributed by atoms with van der Waals surface area (Å²) >= 11 is 0. The van der Waals surface area contributed by atoms with E-state index in [2.05, 4.69) is 43.8 Å². The number of rotatable bonds is 14. The molecule has 0 unspecified atom stereocenters. The highest BCUT2D eigenvalue weighted by atomic mass is 16.6. The third kappa shape index (κ3) is 9.31. The normalized spacial score (nSPS) is 14.3. The molecule has 1 aliphatic rings. The van der Waals surface area contributed by atoms with Gasteiger partial charge in [-0.15, -0.1) is 6.58 Å². The topological polar surface area (TPSA) is 140 Å². The Morgan fingerprint density at radius 3 is 2.43 bits per heavy atom. The number of nitrogens with one attached hydrogen (secondary N) is 1. The van der Waals surface area contributed by atoms with Gasteiger partial charge in [0.05, 0.1) is 25.3 Å². The van der Waals surface area contributed by atoms with Gasteiger partial charge in [0.2, 0.25) is 5.95 Å². The van der Waals surface area contributed by atoms with Crippen molar-refractivity contribution >= 4 is 34.3 Å². The summed E-state index contributed by atoms with van der Waals surface area (Å²) in [4.78, 5) is 43.7. The lowest BCUT2D eigenvalue weighted by Crippen LogP contribution is -2.46. The van der Waals surface area contributed by atoms with Crippen LogP contribution in [-0.2, 0) is 26.4 Å². The van der Waals surface area contributed by atoms with Gasteiger partial charge in [0.1, 0.15) is 16.6 Å². The first kappa shape index (κ1) is 35.7. The average Bonchev–Trinajstić information content (AvgIpc) is 3.32. The van der Waals surface area contributed by atoms with Gasteiger partial charge in [0.25, 0.3) is 5.56 Å². The number of pyridine rings is 1. The Bertz CT molecular complexity index is 1800. The molecule has 0 amide bonds. The number of esters is 1. The standard InChI is InChI=1S/C36H48N8O5/c1-7-17-43-33(46)28-25-37-34(40-32(28)44(43)30-11-8-10-29(39-30)36(5,6)47)38-26-12-14-27(15-13-26)42-21-19-41(20-22-42)18-9-23-48-24-16-31(45)49-35(2,3)4/h7-8,10-15,25,47H,1,9,16-24H2,2-6H3,(H,37,38,40). The van der Waals surface area contributed by atoms with Crippen molar-refractivity contribution < 1.29 is 19.4 Å². The minimum atomic E-state index is -1.16. The number of allylic oxidation sites excluding steroid dienone is 1. The third-order valence-electron chi connectivity index (χ3n) is 8.05. The van der Waals surface area contributed by atoms with Gasteiger partial charge in [-0.2, -0.15) is 4.98 Å². The zero-order valence-electron chi connectivity index (χ0n) is 29.2. The fraction of sp³-hybridized carbons (Fsp3) is 0.472. The molecule has 5 rings (SSSR count). The van der Waals surface area contributed by atoms with E-state index in [1.807, 2.05) is 32.9 Å². The molecule has 3 aromatic heterocycles. The number of benzene rings is 1. The maximum Gasteiger partial charge on any atom is 0.308 e. The van der Waals surface area contributed by atoms with E-state index in [-0.39, 0.29) is 24.5 Å². The van der Waals surface area contributed by atoms with Crippen molar-refractivity contribution in [3.8, 4) is 5.82 Å². The minimum absolute atomic E-state index is 0.228. The highest BCUT2D eigenvalue weighted by Gasteiger charge is 2.22. The third-order valence-corrected chi connectivity index (χ3v) is 8.05. The molecule has 262 valence electrons. The SMILES string of the molecule is C=CCn1c(=O)c2cnc(Nc3ccc(N4CCN(CCCOCCC(=O)OC(C)(C)C)CC4)cc3)nc2n1-c1cccc(C(C)(C)O)n1. The van der Waals surface area contributed by atoms with Crippen LogP contribution in [0.15, 0.2) is 66.1 Å². The minimum Gasteiger partial charge on any atom is -0.460 e. The molecule has 4 aromatic rings. The van der Waals surface area contributed by atoms with E-state index in [0.29, 0.717) is 41.7 Å². The molecule has 2 N–H and O–H groups in total. The lowest BCUT2D eigenvalue weighted by Gasteiger charge is -2.36. The van der Waals surface area contributed by atoms with E-state index >= 15 is 0 Å². The van der Waals surface area contributed by atoms with Crippen molar-refractivity contribution in [3.63, 3.8) is 0 Å². The first-order valence-electron chi connectivity index (χ1n) is 16.8. The second-order valence-electron chi connectivity index (χ2n) is 13.7. The summed E-state index contributed by atoms with van der Waals surface area (Å²) in [7, 11) is 0. The van der Waals surface area contributed by atoms with Crippen molar-refractivity contribution in [1.29, 1.82) is 0 Å². The number of aliphatic hydroxyl groups is 1. The first-order chi connectivity index (χ1) is 23.3. The van der Waals surface area contributed by atoms with Gasteiger partial charge < -0.3 is 24.8 Å². The van der Waals surface area contributed by atoms with Crippen LogP contribution in [0.1, 0.15) is 53.2 Å². The molecule has 0 atom stereocenters. The van der Waals surface area contributed by atoms with Crippen molar-refractivity contribution in [2.75, 3.05) is 56.2 Å². The molecule has 13 heteroatoms. The lowest BCUT2D eigenvalue weighted by molar-refractivity contribution is -0.156. The molecule has 0 aliphatic carbocycles. The first-order valence-corrected chi connectivity index (χ1v) is 16.8. The molecule has 0 saturated carbocycles. The van der Waals surface area contributed by atoms with Gasteiger partial charge >= 0.3 is 5.97 Å². The number of aromatic nitrogens is 5. The van der Waals surface area contributed by atoms with Crippen LogP contribution in [0.25, 0.3) is 16.9 Å². The van der Waals surface area contributed by atoms with Crippen LogP contribution < -0.4 is 15.8 Å². The van der Waals surface area contributed by atoms with E-state index in [4.69, 9.17) is 14.5 Å². The molecule has 1 fully saturated rings. The van der Waals surface area contributed by atoms with E-state index in [1.54, 1.807) is 42.8 Å². The highest BCUT2D eigenvalue weighted by molar-refractivity contribution is 5.77. The fourth-order valence-electron chi connectivity index (χ4n) is 5.65. The zero-order chi connectivity index (χ0) is 35.2. The number of anilines is 3. The maximum absolute atomic E-state index is 13.3. The number of carbonyl (C=O) groups excluding carboxylic acids is 1. The van der Waals surface area contributed by atoms with Crippen LogP contribution >= 0.6 is 0 Å². The van der Waals surface area contributed by atoms with Crippen LogP contribution in [-0.4, -0.2) is 91.8 Å². The number of carbonyl (C=O) groups is 1. The van der Waals surface area contributed by atoms with Crippen molar-refractivity contribution in [3.05, 3.63) is 77.4 Å². The van der Waals surface area contributed by atoms with Gasteiger partial charge in [0.15, 0.2) is 11.5 Å². The molecule has 0 radical (unpaired) electrons. The van der Waals surface area contributed by atoms with Crippen LogP contribution in [0.4, 0.5) is 17.3 Å². The Balaban J connectivity index is 1.17. The summed E-state index contributed by atoms with van der Waals surface area (Å²) in [6, 6.07) is 13.5. The summed E-state index contributed by atoms with van der Waals surface area (Å²) in [6.45, 7) is 18.7. The Labute approximate surface area is 287 Å². The van der Waals surface area contributed by atoms with Gasteiger partial charge in [-0.3, -0.25) is 14.5 Å². The average molecular weight is 673 g/mol. The molecule has 0 bridgehead atoms. The van der Waals surface area contributed by atoms with E-state index in [9.17, 15) is 14.7 Å². The highest BCUT2D eigenvalue weighted by Crippen LogP contribution is 2.24. The molecule has 4 heterocycles. The summed E-state index contributed by atoms with van der Waals surface area (Å²) in [6.07, 6.45) is 4.35. The molecule has 1 aliphatic heterocycles. The molecule has 1 saturated heterocycles. The summed E-state index contributed by atoms with van der Waals surface area (Å²) in [5.41, 5.74) is 0.929. The van der Waals surface area contributed by atoms with Crippen molar-refractivity contribution in [2.24, 2.45) is 0 Å². The smallest absolute Gasteiger partial charge is 0.308 e. The van der Waals surface area contributed by atoms with Crippen molar-refractivity contribution in [1.82, 2.24) is 29.2 Å². The maximum atomic E-state index is 13.3. The lowest BCUT2D eigenvalue weighted by atomic mass is 10.1. The quantitative estimate of drug-likeness (QED) is 0.112. The summed E-state index contributed by atoms with van der Waals surface area (Å²) in [5.74, 6) is 0.561. The van der Waals surface area contributed by atoms with Gasteiger partial charge in [0, 0.05) is 56.9 Å². The van der Waals surface area contributed by atoms with E-state index in [1.165, 1.54) is 10.9 Å². The van der Waals surface area contributed by atoms with Gasteiger partial charge in [-0.05, 0) is 77.4 Å². The Kier molecular flexibility index (Phi) is 11.2. The number of piperazine rings is 1. The number of hydrogen-bond donors (Lipinski definition) is 2. The Morgan fingerprint density at radius 2 is 1.76 bits per heavy atom. The van der Waals surface area contributed by atoms with Crippen molar-refractivity contribution in [2.45, 2.75) is 65.2 Å². The van der Waals surface area contributed by atoms with E-state index in [0.717, 1.165) is 50.5 Å². The molecular weight excluding hydrogens is 624 g/mol. The molecule has 1 aromatic carbocycles. The number of nitrogens with zero attached hydrogens (tertiary/aromatic N) is 7. The van der Waals surface area contributed by atoms with E-state index < -0.39 is 11.2 Å². The predicted octanol–water partition coefficient (Wildman–Crippen LogP) is 4.39. The van der Waals surface area contributed by atoms with Gasteiger partial charge in [-0.1, -0.05) is 12.1 Å². The number of fused-ring (bicyclic) bond motifs is 1. The summed E-state index contributed by atoms with van der Waals surface area (Å²) in [5, 5.41) is 14.2.